The highest BCUT2D eigenvalue weighted by Gasteiger charge is 2.23. The second-order valence-corrected chi connectivity index (χ2v) is 7.21. The summed E-state index contributed by atoms with van der Waals surface area (Å²) < 4.78 is 11.4. The molecule has 0 aromatic heterocycles. The zero-order chi connectivity index (χ0) is 20.3. The maximum Gasteiger partial charge on any atom is 0.273 e. The number of carbonyl (C=O) groups is 1. The van der Waals surface area contributed by atoms with Gasteiger partial charge in [-0.1, -0.05) is 26.0 Å². The van der Waals surface area contributed by atoms with Crippen molar-refractivity contribution in [1.29, 1.82) is 0 Å². The Labute approximate surface area is 163 Å². The van der Waals surface area contributed by atoms with Crippen molar-refractivity contribution in [1.82, 2.24) is 5.32 Å². The minimum atomic E-state index is -0.476. The van der Waals surface area contributed by atoms with Crippen LogP contribution in [0.25, 0.3) is 0 Å². The molecule has 0 aliphatic carbocycles. The van der Waals surface area contributed by atoms with Gasteiger partial charge in [-0.2, -0.15) is 0 Å². The van der Waals surface area contributed by atoms with E-state index in [0.29, 0.717) is 30.3 Å². The lowest BCUT2D eigenvalue weighted by atomic mass is 9.95. The fraction of sp³-hybridized carbons (Fsp3) is 0.381. The van der Waals surface area contributed by atoms with E-state index in [1.165, 1.54) is 6.07 Å². The number of rotatable bonds is 5. The number of ether oxygens (including phenoxy) is 2. The van der Waals surface area contributed by atoms with Crippen LogP contribution in [0.15, 0.2) is 36.4 Å². The molecule has 0 spiro atoms. The van der Waals surface area contributed by atoms with E-state index in [1.807, 2.05) is 32.0 Å². The van der Waals surface area contributed by atoms with Crippen LogP contribution in [-0.2, 0) is 0 Å². The number of carbonyl (C=O) groups excluding carboxylic acids is 1. The van der Waals surface area contributed by atoms with E-state index in [9.17, 15) is 14.9 Å². The topological polar surface area (TPSA) is 90.7 Å². The molecule has 1 heterocycles. The maximum atomic E-state index is 12.8. The molecule has 1 aliphatic heterocycles. The Balaban J connectivity index is 1.86. The average Bonchev–Trinajstić information content (AvgIpc) is 2.90. The molecule has 0 saturated carbocycles. The Morgan fingerprint density at radius 3 is 2.50 bits per heavy atom. The summed E-state index contributed by atoms with van der Waals surface area (Å²) in [4.78, 5) is 23.5. The van der Waals surface area contributed by atoms with Gasteiger partial charge in [0.2, 0.25) is 0 Å². The van der Waals surface area contributed by atoms with E-state index >= 15 is 0 Å². The molecule has 7 nitrogen and oxygen atoms in total. The molecule has 0 radical (unpaired) electrons. The van der Waals surface area contributed by atoms with Gasteiger partial charge in [0.25, 0.3) is 11.6 Å². The monoisotopic (exact) mass is 384 g/mol. The SMILES string of the molecule is Cc1ccc(C(=O)NC(c2ccc3c(c2)OCCCO3)C(C)C)cc1[N+](=O)[O-]. The number of aryl methyl sites for hydroxylation is 1. The van der Waals surface area contributed by atoms with Crippen molar-refractivity contribution >= 4 is 11.6 Å². The third-order valence-corrected chi connectivity index (χ3v) is 4.75. The molecular formula is C21H24N2O5. The van der Waals surface area contributed by atoms with Gasteiger partial charge in [-0.25, -0.2) is 0 Å². The van der Waals surface area contributed by atoms with E-state index < -0.39 is 4.92 Å². The predicted molar refractivity (Wildman–Crippen MR) is 105 cm³/mol. The molecule has 1 unspecified atom stereocenters. The van der Waals surface area contributed by atoms with Gasteiger partial charge in [-0.3, -0.25) is 14.9 Å². The molecule has 0 bridgehead atoms. The molecule has 1 amide bonds. The van der Waals surface area contributed by atoms with E-state index in [1.54, 1.807) is 19.1 Å². The van der Waals surface area contributed by atoms with Gasteiger partial charge in [0, 0.05) is 23.6 Å². The summed E-state index contributed by atoms with van der Waals surface area (Å²) in [7, 11) is 0. The third kappa shape index (κ3) is 4.24. The lowest BCUT2D eigenvalue weighted by Gasteiger charge is -2.24. The number of fused-ring (bicyclic) bond motifs is 1. The van der Waals surface area contributed by atoms with Crippen LogP contribution < -0.4 is 14.8 Å². The zero-order valence-corrected chi connectivity index (χ0v) is 16.2. The molecular weight excluding hydrogens is 360 g/mol. The number of nitrogens with zero attached hydrogens (tertiary/aromatic N) is 1. The molecule has 28 heavy (non-hydrogen) atoms. The Kier molecular flexibility index (Phi) is 5.82. The fourth-order valence-corrected chi connectivity index (χ4v) is 3.18. The number of amides is 1. The Bertz CT molecular complexity index is 894. The summed E-state index contributed by atoms with van der Waals surface area (Å²) in [5.74, 6) is 1.12. The van der Waals surface area contributed by atoms with Crippen LogP contribution in [0.1, 0.15) is 47.8 Å². The third-order valence-electron chi connectivity index (χ3n) is 4.75. The van der Waals surface area contributed by atoms with Gasteiger partial charge in [0.05, 0.1) is 24.2 Å². The Morgan fingerprint density at radius 1 is 1.11 bits per heavy atom. The highest BCUT2D eigenvalue weighted by atomic mass is 16.6. The van der Waals surface area contributed by atoms with Crippen molar-refractivity contribution < 1.29 is 19.2 Å². The number of hydrogen-bond donors (Lipinski definition) is 1. The second kappa shape index (κ2) is 8.29. The van der Waals surface area contributed by atoms with Crippen LogP contribution in [0.4, 0.5) is 5.69 Å². The molecule has 2 aromatic rings. The van der Waals surface area contributed by atoms with Crippen LogP contribution in [0.2, 0.25) is 0 Å². The normalized spacial score (nSPS) is 14.3. The minimum absolute atomic E-state index is 0.0654. The largest absolute Gasteiger partial charge is 0.490 e. The molecule has 3 rings (SSSR count). The summed E-state index contributed by atoms with van der Waals surface area (Å²) in [6, 6.07) is 9.89. The molecule has 148 valence electrons. The van der Waals surface area contributed by atoms with Gasteiger partial charge in [0.15, 0.2) is 11.5 Å². The van der Waals surface area contributed by atoms with Crippen molar-refractivity contribution in [2.24, 2.45) is 5.92 Å². The first-order chi connectivity index (χ1) is 13.4. The maximum absolute atomic E-state index is 12.8. The summed E-state index contributed by atoms with van der Waals surface area (Å²) in [6.45, 7) is 6.86. The van der Waals surface area contributed by atoms with Gasteiger partial charge >= 0.3 is 0 Å². The smallest absolute Gasteiger partial charge is 0.273 e. The lowest BCUT2D eigenvalue weighted by molar-refractivity contribution is -0.385. The molecule has 2 aromatic carbocycles. The van der Waals surface area contributed by atoms with Gasteiger partial charge in [-0.15, -0.1) is 0 Å². The van der Waals surface area contributed by atoms with Crippen molar-refractivity contribution in [2.45, 2.75) is 33.2 Å². The molecule has 1 N–H and O–H groups in total. The first kappa shape index (κ1) is 19.7. The summed E-state index contributed by atoms with van der Waals surface area (Å²) in [6.07, 6.45) is 0.820. The standard InChI is InChI=1S/C21H24N2O5/c1-13(2)20(15-7-8-18-19(12-15)28-10-4-9-27-18)22-21(24)16-6-5-14(3)17(11-16)23(25)26/h5-8,11-13,20H,4,9-10H2,1-3H3,(H,22,24). The number of hydrogen-bond acceptors (Lipinski definition) is 5. The molecule has 0 fully saturated rings. The molecule has 1 atom stereocenters. The second-order valence-electron chi connectivity index (χ2n) is 7.21. The highest BCUT2D eigenvalue weighted by molar-refractivity contribution is 5.95. The average molecular weight is 384 g/mol. The van der Waals surface area contributed by atoms with Gasteiger partial charge < -0.3 is 14.8 Å². The molecule has 0 saturated heterocycles. The Hall–Kier alpha value is -3.09. The summed E-state index contributed by atoms with van der Waals surface area (Å²) in [5.41, 5.74) is 1.61. The first-order valence-corrected chi connectivity index (χ1v) is 9.32. The fourth-order valence-electron chi connectivity index (χ4n) is 3.18. The molecule has 1 aliphatic rings. The number of nitro benzene ring substituents is 1. The van der Waals surface area contributed by atoms with Crippen molar-refractivity contribution in [3.8, 4) is 11.5 Å². The summed E-state index contributed by atoms with van der Waals surface area (Å²) >= 11 is 0. The van der Waals surface area contributed by atoms with Crippen LogP contribution >= 0.6 is 0 Å². The van der Waals surface area contributed by atoms with E-state index in [4.69, 9.17) is 9.47 Å². The van der Waals surface area contributed by atoms with E-state index in [0.717, 1.165) is 12.0 Å². The lowest BCUT2D eigenvalue weighted by Crippen LogP contribution is -2.31. The van der Waals surface area contributed by atoms with E-state index in [2.05, 4.69) is 5.32 Å². The molecule has 7 heteroatoms. The van der Waals surface area contributed by atoms with Crippen LogP contribution in [-0.4, -0.2) is 24.0 Å². The van der Waals surface area contributed by atoms with Crippen molar-refractivity contribution in [2.75, 3.05) is 13.2 Å². The van der Waals surface area contributed by atoms with Crippen molar-refractivity contribution in [3.63, 3.8) is 0 Å². The quantitative estimate of drug-likeness (QED) is 0.616. The predicted octanol–water partition coefficient (Wildman–Crippen LogP) is 4.19. The number of benzene rings is 2. The summed E-state index contributed by atoms with van der Waals surface area (Å²) in [5, 5.41) is 14.2. The van der Waals surface area contributed by atoms with Crippen LogP contribution in [0.3, 0.4) is 0 Å². The minimum Gasteiger partial charge on any atom is -0.490 e. The van der Waals surface area contributed by atoms with Crippen LogP contribution in [0, 0.1) is 23.0 Å². The first-order valence-electron chi connectivity index (χ1n) is 9.32. The highest BCUT2D eigenvalue weighted by Crippen LogP contribution is 2.34. The van der Waals surface area contributed by atoms with Gasteiger partial charge in [0.1, 0.15) is 0 Å². The Morgan fingerprint density at radius 2 is 1.82 bits per heavy atom. The van der Waals surface area contributed by atoms with Gasteiger partial charge in [-0.05, 0) is 36.6 Å². The number of nitrogens with one attached hydrogen (secondary N) is 1. The van der Waals surface area contributed by atoms with Crippen molar-refractivity contribution in [3.05, 3.63) is 63.2 Å². The van der Waals surface area contributed by atoms with Crippen LogP contribution in [0.5, 0.6) is 11.5 Å². The van der Waals surface area contributed by atoms with E-state index in [-0.39, 0.29) is 29.1 Å². The zero-order valence-electron chi connectivity index (χ0n) is 16.2. The number of nitro groups is 1.